The zero-order chi connectivity index (χ0) is 12.0. The average Bonchev–Trinajstić information content (AvgIpc) is 2.36. The normalized spacial score (nSPS) is 11.1. The largest absolute Gasteiger partial charge is 0.507 e. The van der Waals surface area contributed by atoms with Crippen LogP contribution >= 0.6 is 15.9 Å². The van der Waals surface area contributed by atoms with Gasteiger partial charge in [0.1, 0.15) is 11.5 Å². The second-order valence-electron chi connectivity index (χ2n) is 3.93. The van der Waals surface area contributed by atoms with Gasteiger partial charge in [-0.05, 0) is 18.2 Å². The number of fused-ring (bicyclic) bond motifs is 2. The molecule has 0 saturated carbocycles. The molecule has 0 bridgehead atoms. The number of hydrogen-bond acceptors (Lipinski definition) is 2. The van der Waals surface area contributed by atoms with Crippen molar-refractivity contribution >= 4 is 37.5 Å². The summed E-state index contributed by atoms with van der Waals surface area (Å²) in [6.07, 6.45) is 0. The highest BCUT2D eigenvalue weighted by Crippen LogP contribution is 2.41. The summed E-state index contributed by atoms with van der Waals surface area (Å²) in [5.74, 6) is 0.413. The van der Waals surface area contributed by atoms with Crippen molar-refractivity contribution < 1.29 is 10.2 Å². The van der Waals surface area contributed by atoms with Gasteiger partial charge in [0, 0.05) is 26.0 Å². The van der Waals surface area contributed by atoms with Crippen LogP contribution in [0.25, 0.3) is 21.5 Å². The SMILES string of the molecule is Oc1c2ccccc2c(O)c2cc(Br)ccc12. The van der Waals surface area contributed by atoms with E-state index in [-0.39, 0.29) is 11.5 Å². The van der Waals surface area contributed by atoms with Crippen molar-refractivity contribution in [3.05, 3.63) is 46.9 Å². The van der Waals surface area contributed by atoms with E-state index in [1.54, 1.807) is 24.3 Å². The topological polar surface area (TPSA) is 40.5 Å². The van der Waals surface area contributed by atoms with Gasteiger partial charge in [-0.1, -0.05) is 40.2 Å². The molecule has 0 aliphatic heterocycles. The predicted octanol–water partition coefficient (Wildman–Crippen LogP) is 4.17. The van der Waals surface area contributed by atoms with Gasteiger partial charge in [-0.15, -0.1) is 0 Å². The third-order valence-corrected chi connectivity index (χ3v) is 3.42. The lowest BCUT2D eigenvalue weighted by Crippen LogP contribution is -1.81. The first kappa shape index (κ1) is 10.4. The molecule has 3 heteroatoms. The van der Waals surface area contributed by atoms with Gasteiger partial charge < -0.3 is 10.2 Å². The Balaban J connectivity index is 2.63. The van der Waals surface area contributed by atoms with Crippen molar-refractivity contribution in [1.29, 1.82) is 0 Å². The summed E-state index contributed by atoms with van der Waals surface area (Å²) in [7, 11) is 0. The lowest BCUT2D eigenvalue weighted by atomic mass is 10.0. The lowest BCUT2D eigenvalue weighted by Gasteiger charge is -2.09. The molecule has 3 aromatic rings. The molecule has 0 aliphatic carbocycles. The van der Waals surface area contributed by atoms with E-state index in [0.717, 1.165) is 4.47 Å². The second-order valence-corrected chi connectivity index (χ2v) is 4.85. The monoisotopic (exact) mass is 288 g/mol. The van der Waals surface area contributed by atoms with Crippen LogP contribution in [0.2, 0.25) is 0 Å². The lowest BCUT2D eigenvalue weighted by molar-refractivity contribution is 0.478. The summed E-state index contributed by atoms with van der Waals surface area (Å²) in [6.45, 7) is 0. The molecule has 0 amide bonds. The first-order chi connectivity index (χ1) is 8.18. The van der Waals surface area contributed by atoms with Crippen molar-refractivity contribution in [1.82, 2.24) is 0 Å². The molecule has 84 valence electrons. The number of aromatic hydroxyl groups is 2. The van der Waals surface area contributed by atoms with Crippen LogP contribution in [-0.2, 0) is 0 Å². The van der Waals surface area contributed by atoms with Crippen molar-refractivity contribution in [3.63, 3.8) is 0 Å². The Hall–Kier alpha value is -1.74. The van der Waals surface area contributed by atoms with E-state index < -0.39 is 0 Å². The van der Waals surface area contributed by atoms with E-state index in [1.807, 2.05) is 18.2 Å². The van der Waals surface area contributed by atoms with Crippen LogP contribution < -0.4 is 0 Å². The van der Waals surface area contributed by atoms with Crippen molar-refractivity contribution in [3.8, 4) is 11.5 Å². The van der Waals surface area contributed by atoms with Gasteiger partial charge in [-0.3, -0.25) is 0 Å². The van der Waals surface area contributed by atoms with E-state index >= 15 is 0 Å². The Kier molecular flexibility index (Phi) is 2.23. The minimum absolute atomic E-state index is 0.203. The van der Waals surface area contributed by atoms with Gasteiger partial charge in [0.2, 0.25) is 0 Å². The molecule has 0 spiro atoms. The standard InChI is InChI=1S/C14H9BrO2/c15-8-5-6-11-12(7-8)14(17)10-4-2-1-3-9(10)13(11)16/h1-7,16-17H. The molecule has 0 atom stereocenters. The summed E-state index contributed by atoms with van der Waals surface area (Å²) in [5, 5.41) is 23.1. The van der Waals surface area contributed by atoms with Crippen LogP contribution in [0.4, 0.5) is 0 Å². The smallest absolute Gasteiger partial charge is 0.131 e. The fourth-order valence-electron chi connectivity index (χ4n) is 2.11. The van der Waals surface area contributed by atoms with E-state index in [9.17, 15) is 10.2 Å². The molecular formula is C14H9BrO2. The van der Waals surface area contributed by atoms with Crippen LogP contribution in [-0.4, -0.2) is 10.2 Å². The number of hydrogen-bond donors (Lipinski definition) is 2. The Morgan fingerprint density at radius 3 is 1.88 bits per heavy atom. The number of phenols is 2. The van der Waals surface area contributed by atoms with E-state index in [2.05, 4.69) is 15.9 Å². The van der Waals surface area contributed by atoms with Gasteiger partial charge >= 0.3 is 0 Å². The van der Waals surface area contributed by atoms with Crippen molar-refractivity contribution in [2.24, 2.45) is 0 Å². The quantitative estimate of drug-likeness (QED) is 0.482. The highest BCUT2D eigenvalue weighted by molar-refractivity contribution is 9.10. The van der Waals surface area contributed by atoms with Gasteiger partial charge in [0.25, 0.3) is 0 Å². The predicted molar refractivity (Wildman–Crippen MR) is 72.5 cm³/mol. The Morgan fingerprint density at radius 1 is 0.706 bits per heavy atom. The summed E-state index contributed by atoms with van der Waals surface area (Å²) in [6, 6.07) is 12.7. The zero-order valence-corrected chi connectivity index (χ0v) is 10.4. The molecule has 0 fully saturated rings. The molecular weight excluding hydrogens is 280 g/mol. The Bertz CT molecular complexity index is 735. The number of halogens is 1. The van der Waals surface area contributed by atoms with Crippen LogP contribution in [0, 0.1) is 0 Å². The van der Waals surface area contributed by atoms with E-state index in [0.29, 0.717) is 21.5 Å². The molecule has 3 aromatic carbocycles. The summed E-state index contributed by atoms with van der Waals surface area (Å²) >= 11 is 3.36. The molecule has 0 saturated heterocycles. The minimum atomic E-state index is 0.203. The molecule has 2 nitrogen and oxygen atoms in total. The molecule has 0 radical (unpaired) electrons. The minimum Gasteiger partial charge on any atom is -0.507 e. The van der Waals surface area contributed by atoms with Gasteiger partial charge in [-0.2, -0.15) is 0 Å². The maximum atomic E-state index is 10.2. The molecule has 0 unspecified atom stereocenters. The van der Waals surface area contributed by atoms with Crippen LogP contribution in [0.1, 0.15) is 0 Å². The van der Waals surface area contributed by atoms with Crippen molar-refractivity contribution in [2.45, 2.75) is 0 Å². The van der Waals surface area contributed by atoms with E-state index in [4.69, 9.17) is 0 Å². The maximum absolute atomic E-state index is 10.2. The molecule has 2 N–H and O–H groups in total. The fourth-order valence-corrected chi connectivity index (χ4v) is 2.47. The highest BCUT2D eigenvalue weighted by Gasteiger charge is 2.12. The Labute approximate surface area is 106 Å². The third kappa shape index (κ3) is 1.46. The first-order valence-corrected chi connectivity index (χ1v) is 5.99. The van der Waals surface area contributed by atoms with Gasteiger partial charge in [0.05, 0.1) is 0 Å². The molecule has 0 aromatic heterocycles. The Morgan fingerprint density at radius 2 is 1.24 bits per heavy atom. The zero-order valence-electron chi connectivity index (χ0n) is 8.81. The molecule has 0 heterocycles. The van der Waals surface area contributed by atoms with Crippen LogP contribution in [0.15, 0.2) is 46.9 Å². The van der Waals surface area contributed by atoms with Crippen LogP contribution in [0.3, 0.4) is 0 Å². The molecule has 3 rings (SSSR count). The van der Waals surface area contributed by atoms with Crippen molar-refractivity contribution in [2.75, 3.05) is 0 Å². The number of benzene rings is 3. The highest BCUT2D eigenvalue weighted by atomic mass is 79.9. The first-order valence-electron chi connectivity index (χ1n) is 5.20. The average molecular weight is 289 g/mol. The third-order valence-electron chi connectivity index (χ3n) is 2.93. The van der Waals surface area contributed by atoms with Gasteiger partial charge in [-0.25, -0.2) is 0 Å². The number of phenolic OH excluding ortho intramolecular Hbond substituents is 2. The number of rotatable bonds is 0. The fraction of sp³-hybridized carbons (Fsp3) is 0. The summed E-state index contributed by atoms with van der Waals surface area (Å²) < 4.78 is 0.870. The maximum Gasteiger partial charge on any atom is 0.131 e. The molecule has 0 aliphatic rings. The summed E-state index contributed by atoms with van der Waals surface area (Å²) in [4.78, 5) is 0. The second kappa shape index (κ2) is 3.64. The molecule has 17 heavy (non-hydrogen) atoms. The van der Waals surface area contributed by atoms with E-state index in [1.165, 1.54) is 0 Å². The van der Waals surface area contributed by atoms with Crippen LogP contribution in [0.5, 0.6) is 11.5 Å². The summed E-state index contributed by atoms with van der Waals surface area (Å²) in [5.41, 5.74) is 0. The van der Waals surface area contributed by atoms with Gasteiger partial charge in [0.15, 0.2) is 0 Å².